The summed E-state index contributed by atoms with van der Waals surface area (Å²) < 4.78 is 8.03. The van der Waals surface area contributed by atoms with Crippen molar-refractivity contribution < 1.29 is 4.74 Å². The standard InChI is InChI=1S/C16H20N2O/c1-4-5-13-8-11(2)14-6-7-19-16(14)15(13)18-9-12(3)17-10-18/h8-10H,4-7H2,1-3H3. The fourth-order valence-electron chi connectivity index (χ4n) is 2.89. The first-order valence-electron chi connectivity index (χ1n) is 6.99. The Bertz CT molecular complexity index is 613. The molecule has 0 saturated heterocycles. The monoisotopic (exact) mass is 256 g/mol. The van der Waals surface area contributed by atoms with Crippen LogP contribution in [0.5, 0.6) is 5.75 Å². The van der Waals surface area contributed by atoms with Gasteiger partial charge in [0.15, 0.2) is 0 Å². The summed E-state index contributed by atoms with van der Waals surface area (Å²) in [4.78, 5) is 4.35. The minimum atomic E-state index is 0.798. The van der Waals surface area contributed by atoms with Crippen molar-refractivity contribution in [3.05, 3.63) is 41.0 Å². The van der Waals surface area contributed by atoms with E-state index in [1.165, 1.54) is 22.4 Å². The first kappa shape index (κ1) is 12.3. The van der Waals surface area contributed by atoms with Crippen LogP contribution in [0.4, 0.5) is 0 Å². The normalized spacial score (nSPS) is 13.4. The van der Waals surface area contributed by atoms with Gasteiger partial charge in [0.25, 0.3) is 0 Å². The molecule has 3 rings (SSSR count). The molecule has 0 radical (unpaired) electrons. The van der Waals surface area contributed by atoms with Crippen molar-refractivity contribution in [3.63, 3.8) is 0 Å². The van der Waals surface area contributed by atoms with Crippen LogP contribution in [0.25, 0.3) is 5.69 Å². The number of fused-ring (bicyclic) bond motifs is 1. The third-order valence-electron chi connectivity index (χ3n) is 3.75. The summed E-state index contributed by atoms with van der Waals surface area (Å²) >= 11 is 0. The zero-order valence-electron chi connectivity index (χ0n) is 11.9. The van der Waals surface area contributed by atoms with E-state index < -0.39 is 0 Å². The van der Waals surface area contributed by atoms with E-state index in [0.29, 0.717) is 0 Å². The second kappa shape index (κ2) is 4.72. The van der Waals surface area contributed by atoms with E-state index in [1.807, 2.05) is 13.3 Å². The lowest BCUT2D eigenvalue weighted by Gasteiger charge is -2.16. The molecule has 1 aliphatic heterocycles. The Hall–Kier alpha value is -1.77. The number of imidazole rings is 1. The van der Waals surface area contributed by atoms with E-state index in [1.54, 1.807) is 0 Å². The van der Waals surface area contributed by atoms with Gasteiger partial charge in [-0.3, -0.25) is 0 Å². The maximum atomic E-state index is 5.91. The Balaban J connectivity index is 2.23. The third-order valence-corrected chi connectivity index (χ3v) is 3.75. The summed E-state index contributed by atoms with van der Waals surface area (Å²) in [7, 11) is 0. The number of ether oxygens (including phenoxy) is 1. The van der Waals surface area contributed by atoms with Crippen LogP contribution >= 0.6 is 0 Å². The zero-order chi connectivity index (χ0) is 13.4. The van der Waals surface area contributed by atoms with Gasteiger partial charge in [0, 0.05) is 18.2 Å². The Kier molecular flexibility index (Phi) is 3.05. The molecule has 0 bridgehead atoms. The lowest BCUT2D eigenvalue weighted by Crippen LogP contribution is -2.02. The highest BCUT2D eigenvalue weighted by molar-refractivity contribution is 5.61. The molecule has 100 valence electrons. The van der Waals surface area contributed by atoms with E-state index in [-0.39, 0.29) is 0 Å². The Morgan fingerprint density at radius 1 is 1.37 bits per heavy atom. The van der Waals surface area contributed by atoms with Gasteiger partial charge in [-0.25, -0.2) is 4.98 Å². The summed E-state index contributed by atoms with van der Waals surface area (Å²) in [6.07, 6.45) is 7.20. The fourth-order valence-corrected chi connectivity index (χ4v) is 2.89. The number of benzene rings is 1. The molecule has 19 heavy (non-hydrogen) atoms. The molecule has 1 aliphatic rings. The largest absolute Gasteiger partial charge is 0.491 e. The molecule has 3 heteroatoms. The Morgan fingerprint density at radius 3 is 2.89 bits per heavy atom. The highest BCUT2D eigenvalue weighted by atomic mass is 16.5. The van der Waals surface area contributed by atoms with Crippen LogP contribution in [0.2, 0.25) is 0 Å². The summed E-state index contributed by atoms with van der Waals surface area (Å²) in [6, 6.07) is 2.32. The predicted octanol–water partition coefficient (Wildman–Crippen LogP) is 3.38. The minimum Gasteiger partial charge on any atom is -0.491 e. The number of rotatable bonds is 3. The summed E-state index contributed by atoms with van der Waals surface area (Å²) in [5.74, 6) is 1.07. The maximum absolute atomic E-state index is 5.91. The second-order valence-electron chi connectivity index (χ2n) is 5.28. The van der Waals surface area contributed by atoms with Crippen molar-refractivity contribution in [2.75, 3.05) is 6.61 Å². The van der Waals surface area contributed by atoms with E-state index >= 15 is 0 Å². The summed E-state index contributed by atoms with van der Waals surface area (Å²) in [5, 5.41) is 0. The molecule has 0 fully saturated rings. The molecular formula is C16H20N2O. The molecule has 0 aliphatic carbocycles. The summed E-state index contributed by atoms with van der Waals surface area (Å²) in [5.41, 5.74) is 6.31. The lowest BCUT2D eigenvalue weighted by molar-refractivity contribution is 0.355. The van der Waals surface area contributed by atoms with Crippen molar-refractivity contribution in [2.45, 2.75) is 40.0 Å². The quantitative estimate of drug-likeness (QED) is 0.841. The lowest BCUT2D eigenvalue weighted by atomic mass is 9.98. The fraction of sp³-hybridized carbons (Fsp3) is 0.438. The summed E-state index contributed by atoms with van der Waals surface area (Å²) in [6.45, 7) is 7.22. The average molecular weight is 256 g/mol. The maximum Gasteiger partial charge on any atom is 0.147 e. The van der Waals surface area contributed by atoms with Gasteiger partial charge in [-0.2, -0.15) is 0 Å². The highest BCUT2D eigenvalue weighted by Crippen LogP contribution is 2.38. The van der Waals surface area contributed by atoms with Gasteiger partial charge in [-0.15, -0.1) is 0 Å². The van der Waals surface area contributed by atoms with Crippen LogP contribution in [0.15, 0.2) is 18.6 Å². The topological polar surface area (TPSA) is 27.1 Å². The first-order chi connectivity index (χ1) is 9.20. The number of hydrogen-bond donors (Lipinski definition) is 0. The molecule has 0 saturated carbocycles. The smallest absolute Gasteiger partial charge is 0.147 e. The SMILES string of the molecule is CCCc1cc(C)c2c(c1-n1cnc(C)c1)OCC2. The van der Waals surface area contributed by atoms with Gasteiger partial charge in [-0.05, 0) is 31.4 Å². The van der Waals surface area contributed by atoms with Crippen molar-refractivity contribution >= 4 is 0 Å². The number of aryl methyl sites for hydroxylation is 3. The van der Waals surface area contributed by atoms with Gasteiger partial charge in [0.1, 0.15) is 5.75 Å². The minimum absolute atomic E-state index is 0.798. The molecule has 3 nitrogen and oxygen atoms in total. The van der Waals surface area contributed by atoms with Crippen LogP contribution in [0, 0.1) is 13.8 Å². The molecule has 0 atom stereocenters. The second-order valence-corrected chi connectivity index (χ2v) is 5.28. The van der Waals surface area contributed by atoms with Gasteiger partial charge in [0.05, 0.1) is 24.3 Å². The van der Waals surface area contributed by atoms with Crippen molar-refractivity contribution in [3.8, 4) is 11.4 Å². The van der Waals surface area contributed by atoms with Crippen molar-refractivity contribution in [2.24, 2.45) is 0 Å². The molecule has 1 aromatic carbocycles. The van der Waals surface area contributed by atoms with Gasteiger partial charge >= 0.3 is 0 Å². The molecule has 0 amide bonds. The van der Waals surface area contributed by atoms with Crippen LogP contribution in [0.3, 0.4) is 0 Å². The van der Waals surface area contributed by atoms with Gasteiger partial charge in [-0.1, -0.05) is 19.4 Å². The highest BCUT2D eigenvalue weighted by Gasteiger charge is 2.22. The average Bonchev–Trinajstić information content (AvgIpc) is 2.99. The van der Waals surface area contributed by atoms with E-state index in [9.17, 15) is 0 Å². The third kappa shape index (κ3) is 2.03. The Labute approximate surface area is 114 Å². The van der Waals surface area contributed by atoms with Crippen LogP contribution in [0.1, 0.15) is 35.7 Å². The van der Waals surface area contributed by atoms with E-state index in [2.05, 4.69) is 35.7 Å². The van der Waals surface area contributed by atoms with Crippen molar-refractivity contribution in [1.82, 2.24) is 9.55 Å². The number of nitrogens with zero attached hydrogens (tertiary/aromatic N) is 2. The molecule has 0 N–H and O–H groups in total. The zero-order valence-corrected chi connectivity index (χ0v) is 11.9. The van der Waals surface area contributed by atoms with Crippen LogP contribution in [-0.4, -0.2) is 16.2 Å². The van der Waals surface area contributed by atoms with E-state index in [0.717, 1.165) is 37.3 Å². The van der Waals surface area contributed by atoms with Gasteiger partial charge < -0.3 is 9.30 Å². The van der Waals surface area contributed by atoms with Crippen LogP contribution in [-0.2, 0) is 12.8 Å². The molecular weight excluding hydrogens is 236 g/mol. The molecule has 2 aromatic rings. The van der Waals surface area contributed by atoms with Crippen molar-refractivity contribution in [1.29, 1.82) is 0 Å². The van der Waals surface area contributed by atoms with E-state index in [4.69, 9.17) is 4.74 Å². The molecule has 0 spiro atoms. The molecule has 0 unspecified atom stereocenters. The molecule has 1 aromatic heterocycles. The predicted molar refractivity (Wildman–Crippen MR) is 76.2 cm³/mol. The van der Waals surface area contributed by atoms with Gasteiger partial charge in [0.2, 0.25) is 0 Å². The number of aromatic nitrogens is 2. The van der Waals surface area contributed by atoms with Crippen LogP contribution < -0.4 is 4.74 Å². The number of hydrogen-bond acceptors (Lipinski definition) is 2. The first-order valence-corrected chi connectivity index (χ1v) is 6.99. The molecule has 2 heterocycles. The Morgan fingerprint density at radius 2 is 2.21 bits per heavy atom.